The Labute approximate surface area is 184 Å². The van der Waals surface area contributed by atoms with Crippen molar-refractivity contribution in [1.82, 2.24) is 14.8 Å². The Morgan fingerprint density at radius 2 is 2.17 bits per heavy atom. The zero-order valence-corrected chi connectivity index (χ0v) is 17.9. The van der Waals surface area contributed by atoms with Crippen molar-refractivity contribution in [3.05, 3.63) is 57.2 Å². The van der Waals surface area contributed by atoms with E-state index in [4.69, 9.17) is 17.0 Å². The fourth-order valence-electron chi connectivity index (χ4n) is 3.76. The SMILES string of the molecule is N#CN(CCc1ccsc1)C(=N)N1CC(N2CCCC2=O)C(c2ccc(Cl)cc2)=N1. The quantitative estimate of drug-likeness (QED) is 0.334. The van der Waals surface area contributed by atoms with E-state index in [2.05, 4.69) is 11.3 Å². The maximum atomic E-state index is 12.4. The summed E-state index contributed by atoms with van der Waals surface area (Å²) in [6.07, 6.45) is 4.13. The second kappa shape index (κ2) is 8.86. The molecule has 1 aromatic heterocycles. The normalized spacial score (nSPS) is 18.5. The minimum absolute atomic E-state index is 0.0216. The lowest BCUT2D eigenvalue weighted by atomic mass is 10.0. The summed E-state index contributed by atoms with van der Waals surface area (Å²) in [4.78, 5) is 15.6. The van der Waals surface area contributed by atoms with E-state index in [1.165, 1.54) is 9.91 Å². The Bertz CT molecular complexity index is 998. The van der Waals surface area contributed by atoms with Crippen LogP contribution in [-0.2, 0) is 11.2 Å². The van der Waals surface area contributed by atoms with Gasteiger partial charge in [-0.05, 0) is 47.4 Å². The van der Waals surface area contributed by atoms with Gasteiger partial charge in [-0.25, -0.2) is 9.91 Å². The predicted molar refractivity (Wildman–Crippen MR) is 117 cm³/mol. The van der Waals surface area contributed by atoms with Crippen LogP contribution >= 0.6 is 22.9 Å². The summed E-state index contributed by atoms with van der Waals surface area (Å²) in [5, 5.41) is 29.0. The highest BCUT2D eigenvalue weighted by molar-refractivity contribution is 7.07. The number of carbonyl (C=O) groups is 1. The number of nitriles is 1. The second-order valence-corrected chi connectivity index (χ2v) is 8.45. The van der Waals surface area contributed by atoms with Crippen LogP contribution in [0.25, 0.3) is 0 Å². The molecule has 4 rings (SSSR count). The van der Waals surface area contributed by atoms with Gasteiger partial charge in [-0.1, -0.05) is 23.7 Å². The molecular weight excluding hydrogens is 420 g/mol. The minimum atomic E-state index is -0.251. The highest BCUT2D eigenvalue weighted by atomic mass is 35.5. The molecule has 30 heavy (non-hydrogen) atoms. The number of amides is 1. The standard InChI is InChI=1S/C21H21ClN6OS/c22-17-5-3-16(4-6-17)20-18(27-9-1-2-19(27)29)12-28(25-20)21(24)26(14-23)10-7-15-8-11-30-13-15/h3-6,8,11,13,18,24H,1-2,7,9-10,12H2. The summed E-state index contributed by atoms with van der Waals surface area (Å²) in [5.41, 5.74) is 2.73. The van der Waals surface area contributed by atoms with E-state index in [1.807, 2.05) is 33.9 Å². The third-order valence-corrected chi connectivity index (χ3v) is 6.33. The van der Waals surface area contributed by atoms with Crippen molar-refractivity contribution in [2.75, 3.05) is 19.6 Å². The molecule has 154 valence electrons. The summed E-state index contributed by atoms with van der Waals surface area (Å²) >= 11 is 7.64. The Morgan fingerprint density at radius 3 is 2.80 bits per heavy atom. The van der Waals surface area contributed by atoms with Crippen molar-refractivity contribution in [2.45, 2.75) is 25.3 Å². The van der Waals surface area contributed by atoms with Crippen LogP contribution in [-0.4, -0.2) is 58.1 Å². The van der Waals surface area contributed by atoms with Gasteiger partial charge in [0.1, 0.15) is 0 Å². The first-order valence-corrected chi connectivity index (χ1v) is 11.1. The van der Waals surface area contributed by atoms with Crippen molar-refractivity contribution in [3.63, 3.8) is 0 Å². The van der Waals surface area contributed by atoms with E-state index >= 15 is 0 Å². The van der Waals surface area contributed by atoms with Gasteiger partial charge in [0.15, 0.2) is 6.19 Å². The largest absolute Gasteiger partial charge is 0.332 e. The van der Waals surface area contributed by atoms with Crippen LogP contribution in [0, 0.1) is 16.9 Å². The fraction of sp³-hybridized carbons (Fsp3) is 0.333. The smallest absolute Gasteiger partial charge is 0.228 e. The minimum Gasteiger partial charge on any atom is -0.332 e. The molecule has 2 aromatic rings. The number of hydrogen-bond acceptors (Lipinski definition) is 5. The molecule has 0 radical (unpaired) electrons. The van der Waals surface area contributed by atoms with Gasteiger partial charge in [-0.15, -0.1) is 0 Å². The van der Waals surface area contributed by atoms with Crippen molar-refractivity contribution in [2.24, 2.45) is 5.10 Å². The molecule has 1 saturated heterocycles. The molecule has 9 heteroatoms. The number of nitrogens with one attached hydrogen (secondary N) is 1. The van der Waals surface area contributed by atoms with E-state index in [1.54, 1.807) is 23.5 Å². The Kier molecular flexibility index (Phi) is 6.02. The lowest BCUT2D eigenvalue weighted by Crippen LogP contribution is -2.46. The molecule has 2 aliphatic rings. The van der Waals surface area contributed by atoms with E-state index < -0.39 is 0 Å². The van der Waals surface area contributed by atoms with Crippen LogP contribution in [0.5, 0.6) is 0 Å². The van der Waals surface area contributed by atoms with Gasteiger partial charge in [0.25, 0.3) is 0 Å². The first-order chi connectivity index (χ1) is 14.6. The Hall–Kier alpha value is -2.89. The molecule has 2 aliphatic heterocycles. The van der Waals surface area contributed by atoms with E-state index in [9.17, 15) is 10.1 Å². The third-order valence-electron chi connectivity index (χ3n) is 5.34. The highest BCUT2D eigenvalue weighted by Gasteiger charge is 2.39. The number of benzene rings is 1. The number of halogens is 1. The van der Waals surface area contributed by atoms with Crippen molar-refractivity contribution < 1.29 is 4.79 Å². The van der Waals surface area contributed by atoms with Gasteiger partial charge >= 0.3 is 0 Å². The Morgan fingerprint density at radius 1 is 1.37 bits per heavy atom. The molecule has 7 nitrogen and oxygen atoms in total. The topological polar surface area (TPSA) is 86.8 Å². The maximum absolute atomic E-state index is 12.4. The molecule has 1 aromatic carbocycles. The van der Waals surface area contributed by atoms with Crippen molar-refractivity contribution in [3.8, 4) is 6.19 Å². The van der Waals surface area contributed by atoms with Gasteiger partial charge in [0, 0.05) is 30.1 Å². The fourth-order valence-corrected chi connectivity index (χ4v) is 4.58. The average molecular weight is 441 g/mol. The molecule has 1 N–H and O–H groups in total. The van der Waals surface area contributed by atoms with E-state index in [0.29, 0.717) is 37.5 Å². The maximum Gasteiger partial charge on any atom is 0.228 e. The molecule has 3 heterocycles. The predicted octanol–water partition coefficient (Wildman–Crippen LogP) is 3.37. The number of hydrogen-bond donors (Lipinski definition) is 1. The number of thiophene rings is 1. The number of nitrogens with zero attached hydrogens (tertiary/aromatic N) is 5. The zero-order valence-electron chi connectivity index (χ0n) is 16.3. The van der Waals surface area contributed by atoms with Gasteiger partial charge in [0.05, 0.1) is 18.3 Å². The third kappa shape index (κ3) is 4.18. The average Bonchev–Trinajstić information content (AvgIpc) is 3.49. The second-order valence-electron chi connectivity index (χ2n) is 7.24. The molecule has 0 aliphatic carbocycles. The first kappa shape index (κ1) is 20.4. The number of hydrazone groups is 1. The highest BCUT2D eigenvalue weighted by Crippen LogP contribution is 2.25. The molecule has 1 amide bonds. The molecule has 0 bridgehead atoms. The number of rotatable bonds is 5. The lowest BCUT2D eigenvalue weighted by molar-refractivity contribution is -0.128. The van der Waals surface area contributed by atoms with Crippen LogP contribution < -0.4 is 0 Å². The van der Waals surface area contributed by atoms with Crippen LogP contribution in [0.3, 0.4) is 0 Å². The summed E-state index contributed by atoms with van der Waals surface area (Å²) in [7, 11) is 0. The zero-order chi connectivity index (χ0) is 21.1. The molecule has 0 spiro atoms. The van der Waals surface area contributed by atoms with E-state index in [0.717, 1.165) is 23.3 Å². The number of likely N-dealkylation sites (tertiary alicyclic amines) is 1. The molecule has 1 fully saturated rings. The lowest BCUT2D eigenvalue weighted by Gasteiger charge is -2.27. The van der Waals surface area contributed by atoms with Crippen LogP contribution in [0.1, 0.15) is 24.0 Å². The molecule has 1 unspecified atom stereocenters. The van der Waals surface area contributed by atoms with Crippen LogP contribution in [0.4, 0.5) is 0 Å². The molecular formula is C21H21ClN6OS. The summed E-state index contributed by atoms with van der Waals surface area (Å²) in [6.45, 7) is 1.44. The number of guanidine groups is 1. The Balaban J connectivity index is 1.56. The monoisotopic (exact) mass is 440 g/mol. The molecule has 1 atom stereocenters. The van der Waals surface area contributed by atoms with Gasteiger partial charge < -0.3 is 4.90 Å². The van der Waals surface area contributed by atoms with Gasteiger partial charge in [-0.3, -0.25) is 10.2 Å². The van der Waals surface area contributed by atoms with Crippen molar-refractivity contribution >= 4 is 40.5 Å². The van der Waals surface area contributed by atoms with Gasteiger partial charge in [0.2, 0.25) is 11.9 Å². The van der Waals surface area contributed by atoms with Gasteiger partial charge in [-0.2, -0.15) is 21.7 Å². The summed E-state index contributed by atoms with van der Waals surface area (Å²) in [6, 6.07) is 9.10. The molecule has 0 saturated carbocycles. The summed E-state index contributed by atoms with van der Waals surface area (Å²) in [5.74, 6) is 0.123. The van der Waals surface area contributed by atoms with E-state index in [-0.39, 0.29) is 17.9 Å². The van der Waals surface area contributed by atoms with Crippen molar-refractivity contribution in [1.29, 1.82) is 10.7 Å². The summed E-state index contributed by atoms with van der Waals surface area (Å²) < 4.78 is 0. The van der Waals surface area contributed by atoms with Crippen LogP contribution in [0.15, 0.2) is 46.2 Å². The first-order valence-electron chi connectivity index (χ1n) is 9.75. The number of carbonyl (C=O) groups excluding carboxylic acids is 1. The van der Waals surface area contributed by atoms with Crippen LogP contribution in [0.2, 0.25) is 5.02 Å².